The summed E-state index contributed by atoms with van der Waals surface area (Å²) in [5.41, 5.74) is 0. The number of aliphatic imine (C=N–C) groups is 1. The smallest absolute Gasteiger partial charge is 0.0898 e. The van der Waals surface area contributed by atoms with E-state index in [9.17, 15) is 0 Å². The third-order valence-electron chi connectivity index (χ3n) is 1.77. The van der Waals surface area contributed by atoms with Crippen molar-refractivity contribution in [3.63, 3.8) is 0 Å². The lowest BCUT2D eigenvalue weighted by molar-refractivity contribution is 0.692. The van der Waals surface area contributed by atoms with Gasteiger partial charge in [-0.05, 0) is 19.1 Å². The second kappa shape index (κ2) is 4.55. The van der Waals surface area contributed by atoms with Gasteiger partial charge in [-0.15, -0.1) is 11.8 Å². The van der Waals surface area contributed by atoms with Gasteiger partial charge >= 0.3 is 0 Å². The van der Waals surface area contributed by atoms with E-state index in [4.69, 9.17) is 0 Å². The van der Waals surface area contributed by atoms with Gasteiger partial charge in [0.1, 0.15) is 0 Å². The van der Waals surface area contributed by atoms with Crippen molar-refractivity contribution < 1.29 is 0 Å². The Labute approximate surface area is 78.7 Å². The first-order valence-electron chi connectivity index (χ1n) is 4.33. The van der Waals surface area contributed by atoms with Gasteiger partial charge in [-0.25, -0.2) is 0 Å². The molecule has 1 atom stereocenters. The van der Waals surface area contributed by atoms with Crippen LogP contribution in [-0.4, -0.2) is 30.1 Å². The first-order chi connectivity index (χ1) is 5.74. The Balaban J connectivity index is 2.64. The molecule has 1 unspecified atom stereocenters. The fourth-order valence-electron chi connectivity index (χ4n) is 1.06. The standard InChI is InChI=1S/C9H16N2S/c1-4-12-9-6-5-8(2)10-7-11(9)3/h6-8H,4-5H2,1-3H3. The number of thioether (sulfide) groups is 1. The second-order valence-electron chi connectivity index (χ2n) is 2.94. The van der Waals surface area contributed by atoms with Gasteiger partial charge in [0, 0.05) is 7.05 Å². The van der Waals surface area contributed by atoms with Gasteiger partial charge in [0.25, 0.3) is 0 Å². The quantitative estimate of drug-likeness (QED) is 0.654. The van der Waals surface area contributed by atoms with Crippen LogP contribution in [0.2, 0.25) is 0 Å². The van der Waals surface area contributed by atoms with E-state index in [-0.39, 0.29) is 0 Å². The molecule has 0 bridgehead atoms. The number of rotatable bonds is 2. The zero-order valence-electron chi connectivity index (χ0n) is 7.95. The van der Waals surface area contributed by atoms with E-state index in [2.05, 4.69) is 36.9 Å². The van der Waals surface area contributed by atoms with Crippen molar-refractivity contribution in [2.24, 2.45) is 4.99 Å². The van der Waals surface area contributed by atoms with Crippen LogP contribution < -0.4 is 0 Å². The van der Waals surface area contributed by atoms with Crippen molar-refractivity contribution in [3.8, 4) is 0 Å². The van der Waals surface area contributed by atoms with Gasteiger partial charge < -0.3 is 4.90 Å². The second-order valence-corrected chi connectivity index (χ2v) is 4.22. The minimum absolute atomic E-state index is 0.433. The van der Waals surface area contributed by atoms with E-state index in [1.54, 1.807) is 0 Å². The van der Waals surface area contributed by atoms with Crippen molar-refractivity contribution in [1.82, 2.24) is 4.90 Å². The summed E-state index contributed by atoms with van der Waals surface area (Å²) in [7, 11) is 2.05. The van der Waals surface area contributed by atoms with Crippen LogP contribution in [0.5, 0.6) is 0 Å². The zero-order chi connectivity index (χ0) is 8.97. The van der Waals surface area contributed by atoms with Crippen LogP contribution in [0.1, 0.15) is 20.3 Å². The largest absolute Gasteiger partial charge is 0.331 e. The maximum Gasteiger partial charge on any atom is 0.0898 e. The highest BCUT2D eigenvalue weighted by Gasteiger charge is 2.07. The molecule has 1 aliphatic heterocycles. The van der Waals surface area contributed by atoms with Crippen LogP contribution in [-0.2, 0) is 0 Å². The molecule has 0 saturated heterocycles. The summed E-state index contributed by atoms with van der Waals surface area (Å²) in [4.78, 5) is 6.47. The highest BCUT2D eigenvalue weighted by Crippen LogP contribution is 2.20. The molecule has 0 fully saturated rings. The van der Waals surface area contributed by atoms with Crippen LogP contribution in [0.25, 0.3) is 0 Å². The molecule has 0 aromatic rings. The van der Waals surface area contributed by atoms with Crippen LogP contribution in [0.4, 0.5) is 0 Å². The van der Waals surface area contributed by atoms with E-state index in [1.165, 1.54) is 5.03 Å². The minimum atomic E-state index is 0.433. The molecular formula is C9H16N2S. The molecule has 1 aliphatic rings. The maximum absolute atomic E-state index is 4.37. The van der Waals surface area contributed by atoms with Crippen LogP contribution in [0.3, 0.4) is 0 Å². The highest BCUT2D eigenvalue weighted by atomic mass is 32.2. The minimum Gasteiger partial charge on any atom is -0.331 e. The average Bonchev–Trinajstić information content (AvgIpc) is 2.20. The van der Waals surface area contributed by atoms with Gasteiger partial charge in [0.05, 0.1) is 17.4 Å². The Morgan fingerprint density at radius 3 is 3.17 bits per heavy atom. The number of hydrogen-bond donors (Lipinski definition) is 0. The van der Waals surface area contributed by atoms with Gasteiger partial charge in [-0.3, -0.25) is 4.99 Å². The van der Waals surface area contributed by atoms with Crippen molar-refractivity contribution in [2.75, 3.05) is 12.8 Å². The molecule has 0 radical (unpaired) electrons. The molecule has 12 heavy (non-hydrogen) atoms. The third kappa shape index (κ3) is 2.55. The van der Waals surface area contributed by atoms with E-state index < -0.39 is 0 Å². The fraction of sp³-hybridized carbons (Fsp3) is 0.667. The molecule has 0 aromatic carbocycles. The summed E-state index contributed by atoms with van der Waals surface area (Å²) in [6.07, 6.45) is 5.25. The molecule has 0 spiro atoms. The predicted octanol–water partition coefficient (Wildman–Crippen LogP) is 2.33. The molecule has 68 valence electrons. The molecule has 0 aliphatic carbocycles. The van der Waals surface area contributed by atoms with Gasteiger partial charge in [0.15, 0.2) is 0 Å². The van der Waals surface area contributed by atoms with E-state index in [0.29, 0.717) is 6.04 Å². The van der Waals surface area contributed by atoms with Gasteiger partial charge in [-0.1, -0.05) is 13.0 Å². The SMILES string of the molecule is CCSC1=CCC(C)N=CN1C. The van der Waals surface area contributed by atoms with Gasteiger partial charge in [-0.2, -0.15) is 0 Å². The molecular weight excluding hydrogens is 168 g/mol. The van der Waals surface area contributed by atoms with E-state index >= 15 is 0 Å². The van der Waals surface area contributed by atoms with Crippen molar-refractivity contribution in [3.05, 3.63) is 11.1 Å². The lowest BCUT2D eigenvalue weighted by atomic mass is 10.2. The molecule has 2 nitrogen and oxygen atoms in total. The lowest BCUT2D eigenvalue weighted by Crippen LogP contribution is -2.12. The van der Waals surface area contributed by atoms with Crippen LogP contribution >= 0.6 is 11.8 Å². The van der Waals surface area contributed by atoms with E-state index in [0.717, 1.165) is 12.2 Å². The summed E-state index contributed by atoms with van der Waals surface area (Å²) in [6.45, 7) is 4.31. The average molecular weight is 184 g/mol. The summed E-state index contributed by atoms with van der Waals surface area (Å²) in [6, 6.07) is 0.433. The summed E-state index contributed by atoms with van der Waals surface area (Å²) in [5.74, 6) is 1.12. The third-order valence-corrected chi connectivity index (χ3v) is 2.81. The van der Waals surface area contributed by atoms with Crippen molar-refractivity contribution >= 4 is 18.1 Å². The zero-order valence-corrected chi connectivity index (χ0v) is 8.77. The van der Waals surface area contributed by atoms with Crippen molar-refractivity contribution in [1.29, 1.82) is 0 Å². The summed E-state index contributed by atoms with van der Waals surface area (Å²) >= 11 is 1.87. The topological polar surface area (TPSA) is 15.6 Å². The summed E-state index contributed by atoms with van der Waals surface area (Å²) in [5, 5.41) is 1.32. The predicted molar refractivity (Wildman–Crippen MR) is 56.5 cm³/mol. The summed E-state index contributed by atoms with van der Waals surface area (Å²) < 4.78 is 0. The lowest BCUT2D eigenvalue weighted by Gasteiger charge is -2.14. The molecule has 0 N–H and O–H groups in total. The van der Waals surface area contributed by atoms with E-state index in [1.807, 2.05) is 18.1 Å². The number of hydrogen-bond acceptors (Lipinski definition) is 3. The van der Waals surface area contributed by atoms with Crippen LogP contribution in [0, 0.1) is 0 Å². The molecule has 0 saturated carbocycles. The normalized spacial score (nSPS) is 23.8. The first kappa shape index (κ1) is 9.65. The Morgan fingerprint density at radius 2 is 2.50 bits per heavy atom. The monoisotopic (exact) mass is 184 g/mol. The first-order valence-corrected chi connectivity index (χ1v) is 5.31. The highest BCUT2D eigenvalue weighted by molar-refractivity contribution is 8.02. The number of nitrogens with zero attached hydrogens (tertiary/aromatic N) is 2. The molecule has 3 heteroatoms. The van der Waals surface area contributed by atoms with Crippen molar-refractivity contribution in [2.45, 2.75) is 26.3 Å². The maximum atomic E-state index is 4.37. The molecule has 0 aromatic heterocycles. The Morgan fingerprint density at radius 1 is 1.75 bits per heavy atom. The Kier molecular flexibility index (Phi) is 3.66. The van der Waals surface area contributed by atoms with Gasteiger partial charge in [0.2, 0.25) is 0 Å². The molecule has 1 rings (SSSR count). The van der Waals surface area contributed by atoms with Crippen LogP contribution in [0.15, 0.2) is 16.1 Å². The fourth-order valence-corrected chi connectivity index (χ4v) is 1.82. The molecule has 0 amide bonds. The molecule has 1 heterocycles. The Bertz CT molecular complexity index is 199. The Hall–Kier alpha value is -0.440.